The van der Waals surface area contributed by atoms with Crippen LogP contribution in [0.5, 0.6) is 5.75 Å². The normalized spacial score (nSPS) is 14.3. The highest BCUT2D eigenvalue weighted by atomic mass is 16.5. The molecule has 3 heteroatoms. The molecule has 1 rings (SSSR count). The first-order valence-corrected chi connectivity index (χ1v) is 7.63. The number of benzene rings is 1. The Labute approximate surface area is 124 Å². The molecule has 0 aliphatic heterocycles. The highest BCUT2D eigenvalue weighted by Gasteiger charge is 2.13. The Kier molecular flexibility index (Phi) is 7.63. The van der Waals surface area contributed by atoms with E-state index in [1.54, 1.807) is 7.11 Å². The van der Waals surface area contributed by atoms with E-state index in [1.165, 1.54) is 18.4 Å². The van der Waals surface area contributed by atoms with Gasteiger partial charge in [-0.3, -0.25) is 4.90 Å². The van der Waals surface area contributed by atoms with E-state index in [0.717, 1.165) is 18.8 Å². The lowest BCUT2D eigenvalue weighted by Gasteiger charge is -2.27. The van der Waals surface area contributed by atoms with Crippen LogP contribution in [0.1, 0.15) is 39.2 Å². The van der Waals surface area contributed by atoms with E-state index >= 15 is 0 Å². The molecule has 0 aliphatic rings. The Balaban J connectivity index is 2.41. The standard InChI is InChI=1S/C17H30N2O/c1-6-11-18-14(2)12-15(3)19(4)13-16-7-9-17(20-5)10-8-16/h7-10,14-15,18H,6,11-13H2,1-5H3. The predicted molar refractivity (Wildman–Crippen MR) is 86.3 cm³/mol. The van der Waals surface area contributed by atoms with Gasteiger partial charge in [-0.05, 0) is 58.0 Å². The summed E-state index contributed by atoms with van der Waals surface area (Å²) in [6, 6.07) is 9.47. The third-order valence-corrected chi connectivity index (χ3v) is 3.78. The molecule has 1 N–H and O–H groups in total. The number of ether oxygens (including phenoxy) is 1. The van der Waals surface area contributed by atoms with Gasteiger partial charge in [0.25, 0.3) is 0 Å². The number of hydrogen-bond donors (Lipinski definition) is 1. The first-order chi connectivity index (χ1) is 9.56. The smallest absolute Gasteiger partial charge is 0.118 e. The average molecular weight is 278 g/mol. The van der Waals surface area contributed by atoms with Crippen LogP contribution in [0.25, 0.3) is 0 Å². The van der Waals surface area contributed by atoms with Gasteiger partial charge in [0, 0.05) is 18.6 Å². The van der Waals surface area contributed by atoms with Gasteiger partial charge in [-0.1, -0.05) is 19.1 Å². The Bertz CT molecular complexity index is 364. The van der Waals surface area contributed by atoms with E-state index in [0.29, 0.717) is 12.1 Å². The first-order valence-electron chi connectivity index (χ1n) is 7.63. The van der Waals surface area contributed by atoms with Crippen molar-refractivity contribution in [1.29, 1.82) is 0 Å². The summed E-state index contributed by atoms with van der Waals surface area (Å²) >= 11 is 0. The van der Waals surface area contributed by atoms with Crippen molar-refractivity contribution in [2.45, 2.75) is 52.2 Å². The SMILES string of the molecule is CCCNC(C)CC(C)N(C)Cc1ccc(OC)cc1. The van der Waals surface area contributed by atoms with Gasteiger partial charge in [0.05, 0.1) is 7.11 Å². The van der Waals surface area contributed by atoms with Crippen molar-refractivity contribution in [3.8, 4) is 5.75 Å². The summed E-state index contributed by atoms with van der Waals surface area (Å²) in [5.74, 6) is 0.918. The van der Waals surface area contributed by atoms with Crippen molar-refractivity contribution in [2.24, 2.45) is 0 Å². The van der Waals surface area contributed by atoms with Crippen molar-refractivity contribution in [2.75, 3.05) is 20.7 Å². The summed E-state index contributed by atoms with van der Waals surface area (Å²) in [5, 5.41) is 3.55. The average Bonchev–Trinajstić information content (AvgIpc) is 2.45. The third kappa shape index (κ3) is 5.93. The molecule has 0 heterocycles. The summed E-state index contributed by atoms with van der Waals surface area (Å²) in [6.07, 6.45) is 2.37. The van der Waals surface area contributed by atoms with E-state index in [9.17, 15) is 0 Å². The quantitative estimate of drug-likeness (QED) is 0.750. The second-order valence-electron chi connectivity index (χ2n) is 5.70. The predicted octanol–water partition coefficient (Wildman–Crippen LogP) is 3.29. The highest BCUT2D eigenvalue weighted by Crippen LogP contribution is 2.14. The van der Waals surface area contributed by atoms with Crippen molar-refractivity contribution >= 4 is 0 Å². The van der Waals surface area contributed by atoms with E-state index in [1.807, 2.05) is 12.1 Å². The minimum Gasteiger partial charge on any atom is -0.497 e. The van der Waals surface area contributed by atoms with Crippen LogP contribution in [0.2, 0.25) is 0 Å². The molecule has 0 radical (unpaired) electrons. The number of hydrogen-bond acceptors (Lipinski definition) is 3. The molecule has 0 saturated carbocycles. The largest absolute Gasteiger partial charge is 0.497 e. The lowest BCUT2D eigenvalue weighted by molar-refractivity contribution is 0.222. The van der Waals surface area contributed by atoms with E-state index < -0.39 is 0 Å². The maximum atomic E-state index is 5.19. The maximum absolute atomic E-state index is 5.19. The molecule has 114 valence electrons. The number of rotatable bonds is 9. The molecule has 0 bridgehead atoms. The molecule has 3 nitrogen and oxygen atoms in total. The second-order valence-corrected chi connectivity index (χ2v) is 5.70. The summed E-state index contributed by atoms with van der Waals surface area (Å²) in [5.41, 5.74) is 1.33. The molecule has 0 amide bonds. The second kappa shape index (κ2) is 8.98. The minimum absolute atomic E-state index is 0.566. The topological polar surface area (TPSA) is 24.5 Å². The zero-order valence-electron chi connectivity index (χ0n) is 13.6. The van der Waals surface area contributed by atoms with E-state index in [-0.39, 0.29) is 0 Å². The van der Waals surface area contributed by atoms with Gasteiger partial charge in [0.1, 0.15) is 5.75 Å². The van der Waals surface area contributed by atoms with E-state index in [2.05, 4.69) is 50.2 Å². The van der Waals surface area contributed by atoms with Crippen LogP contribution in [-0.2, 0) is 6.54 Å². The van der Waals surface area contributed by atoms with Crippen LogP contribution in [0.3, 0.4) is 0 Å². The number of methoxy groups -OCH3 is 1. The molecule has 1 aromatic carbocycles. The molecule has 1 aromatic rings. The number of nitrogens with one attached hydrogen (secondary N) is 1. The highest BCUT2D eigenvalue weighted by molar-refractivity contribution is 5.27. The molecular weight excluding hydrogens is 248 g/mol. The Morgan fingerprint density at radius 2 is 1.85 bits per heavy atom. The molecule has 20 heavy (non-hydrogen) atoms. The van der Waals surface area contributed by atoms with Gasteiger partial charge >= 0.3 is 0 Å². The molecule has 0 fully saturated rings. The van der Waals surface area contributed by atoms with Gasteiger partial charge < -0.3 is 10.1 Å². The first kappa shape index (κ1) is 17.0. The van der Waals surface area contributed by atoms with Crippen LogP contribution in [-0.4, -0.2) is 37.7 Å². The Morgan fingerprint density at radius 1 is 1.20 bits per heavy atom. The molecular formula is C17H30N2O. The number of nitrogens with zero attached hydrogens (tertiary/aromatic N) is 1. The summed E-state index contributed by atoms with van der Waals surface area (Å²) in [7, 11) is 3.90. The van der Waals surface area contributed by atoms with Crippen molar-refractivity contribution < 1.29 is 4.74 Å². The van der Waals surface area contributed by atoms with Crippen LogP contribution in [0.15, 0.2) is 24.3 Å². The molecule has 2 atom stereocenters. The van der Waals surface area contributed by atoms with Crippen LogP contribution in [0.4, 0.5) is 0 Å². The van der Waals surface area contributed by atoms with Crippen LogP contribution in [0, 0.1) is 0 Å². The van der Waals surface area contributed by atoms with Crippen LogP contribution < -0.4 is 10.1 Å². The molecule has 0 aliphatic carbocycles. The zero-order chi connectivity index (χ0) is 15.0. The fourth-order valence-electron chi connectivity index (χ4n) is 2.34. The summed E-state index contributed by atoms with van der Waals surface area (Å²) in [4.78, 5) is 2.41. The zero-order valence-corrected chi connectivity index (χ0v) is 13.6. The fourth-order valence-corrected chi connectivity index (χ4v) is 2.34. The molecule has 0 saturated heterocycles. The molecule has 0 spiro atoms. The minimum atomic E-state index is 0.566. The van der Waals surface area contributed by atoms with Crippen molar-refractivity contribution in [3.63, 3.8) is 0 Å². The molecule has 2 unspecified atom stereocenters. The monoisotopic (exact) mass is 278 g/mol. The Hall–Kier alpha value is -1.06. The van der Waals surface area contributed by atoms with Crippen molar-refractivity contribution in [3.05, 3.63) is 29.8 Å². The maximum Gasteiger partial charge on any atom is 0.118 e. The fraction of sp³-hybridized carbons (Fsp3) is 0.647. The van der Waals surface area contributed by atoms with Gasteiger partial charge in [0.2, 0.25) is 0 Å². The van der Waals surface area contributed by atoms with Gasteiger partial charge in [-0.15, -0.1) is 0 Å². The summed E-state index contributed by atoms with van der Waals surface area (Å²) < 4.78 is 5.19. The van der Waals surface area contributed by atoms with Crippen molar-refractivity contribution in [1.82, 2.24) is 10.2 Å². The van der Waals surface area contributed by atoms with Gasteiger partial charge in [-0.2, -0.15) is 0 Å². The van der Waals surface area contributed by atoms with E-state index in [4.69, 9.17) is 4.74 Å². The van der Waals surface area contributed by atoms with Gasteiger partial charge in [0.15, 0.2) is 0 Å². The lowest BCUT2D eigenvalue weighted by atomic mass is 10.1. The van der Waals surface area contributed by atoms with Crippen LogP contribution >= 0.6 is 0 Å². The Morgan fingerprint density at radius 3 is 2.40 bits per heavy atom. The lowest BCUT2D eigenvalue weighted by Crippen LogP contribution is -2.36. The summed E-state index contributed by atoms with van der Waals surface area (Å²) in [6.45, 7) is 8.86. The van der Waals surface area contributed by atoms with Gasteiger partial charge in [-0.25, -0.2) is 0 Å². The third-order valence-electron chi connectivity index (χ3n) is 3.78. The molecule has 0 aromatic heterocycles.